The van der Waals surface area contributed by atoms with Gasteiger partial charge in [-0.1, -0.05) is 0 Å². The Balaban J connectivity index is 1.75. The molecule has 11 nitrogen and oxygen atoms in total. The molecule has 238 valence electrons. The maximum atomic E-state index is 12.9. The van der Waals surface area contributed by atoms with Crippen molar-refractivity contribution < 1.29 is 38.7 Å². The summed E-state index contributed by atoms with van der Waals surface area (Å²) in [6.45, 7) is 10.6. The minimum atomic E-state index is -0.371. The molecule has 0 aliphatic carbocycles. The number of fused-ring (bicyclic) bond motifs is 4. The van der Waals surface area contributed by atoms with E-state index in [1.54, 1.807) is 19.1 Å². The Morgan fingerprint density at radius 3 is 2.04 bits per heavy atom. The lowest BCUT2D eigenvalue weighted by Gasteiger charge is -2.09. The van der Waals surface area contributed by atoms with Crippen LogP contribution in [0.2, 0.25) is 0 Å². The molecule has 0 radical (unpaired) electrons. The molecule has 11 heteroatoms. The first-order valence-corrected chi connectivity index (χ1v) is 15.0. The third-order valence-corrected chi connectivity index (χ3v) is 8.56. The zero-order valence-electron chi connectivity index (χ0n) is 27.3. The van der Waals surface area contributed by atoms with E-state index in [1.807, 2.05) is 33.8 Å². The van der Waals surface area contributed by atoms with Crippen molar-refractivity contribution in [2.75, 3.05) is 14.2 Å². The Kier molecular flexibility index (Phi) is 8.87. The summed E-state index contributed by atoms with van der Waals surface area (Å²) in [7, 11) is 2.68. The molecule has 5 rings (SSSR count). The van der Waals surface area contributed by atoms with Crippen molar-refractivity contribution in [3.63, 3.8) is 0 Å². The van der Waals surface area contributed by atoms with Crippen molar-refractivity contribution in [3.8, 4) is 0 Å². The van der Waals surface area contributed by atoms with Gasteiger partial charge < -0.3 is 19.3 Å². The highest BCUT2D eigenvalue weighted by molar-refractivity contribution is 6.20. The molecule has 0 saturated heterocycles. The van der Waals surface area contributed by atoms with Gasteiger partial charge in [-0.05, 0) is 83.3 Å². The zero-order chi connectivity index (χ0) is 33.4. The van der Waals surface area contributed by atoms with Gasteiger partial charge in [0.1, 0.15) is 0 Å². The SMILES string of the molecule is COC(=O)CCC1=C(C)C2=CC3=NC(=C(C)C3=C(C)O)C=C3N=C(C=C4[NH+]=C(OC1=N2)C(CCC(=O)OC)=C4C)C(C)=C3C(C)=O. The summed E-state index contributed by atoms with van der Waals surface area (Å²) in [4.78, 5) is 55.0. The summed E-state index contributed by atoms with van der Waals surface area (Å²) < 4.78 is 16.3. The fourth-order valence-corrected chi connectivity index (χ4v) is 5.97. The van der Waals surface area contributed by atoms with E-state index in [0.29, 0.717) is 75.2 Å². The average molecular weight is 626 g/mol. The van der Waals surface area contributed by atoms with E-state index < -0.39 is 0 Å². The van der Waals surface area contributed by atoms with Gasteiger partial charge >= 0.3 is 17.8 Å². The molecule has 46 heavy (non-hydrogen) atoms. The molecule has 2 N–H and O–H groups in total. The van der Waals surface area contributed by atoms with E-state index in [9.17, 15) is 19.5 Å². The summed E-state index contributed by atoms with van der Waals surface area (Å²) in [6.07, 6.45) is 6.26. The quantitative estimate of drug-likeness (QED) is 0.320. The minimum Gasteiger partial charge on any atom is -0.512 e. The van der Waals surface area contributed by atoms with Crippen LogP contribution in [0.25, 0.3) is 0 Å². The van der Waals surface area contributed by atoms with Crippen LogP contribution in [0.1, 0.15) is 67.2 Å². The number of Topliss-reactive ketones (excluding diaryl/α,β-unsaturated/α-hetero) is 1. The van der Waals surface area contributed by atoms with E-state index in [-0.39, 0.29) is 42.2 Å². The Labute approximate surface area is 267 Å². The molecular weight excluding hydrogens is 588 g/mol. The lowest BCUT2D eigenvalue weighted by molar-refractivity contribution is -0.397. The van der Waals surface area contributed by atoms with Crippen LogP contribution in [0.5, 0.6) is 0 Å². The van der Waals surface area contributed by atoms with Crippen LogP contribution < -0.4 is 4.99 Å². The molecule has 8 bridgehead atoms. The first kappa shape index (κ1) is 32.2. The lowest BCUT2D eigenvalue weighted by Crippen LogP contribution is -2.69. The Hall–Kier alpha value is -5.19. The molecule has 5 aliphatic rings. The highest BCUT2D eigenvalue weighted by atomic mass is 16.5. The van der Waals surface area contributed by atoms with Crippen molar-refractivity contribution in [3.05, 3.63) is 91.4 Å². The molecule has 5 heterocycles. The van der Waals surface area contributed by atoms with Crippen LogP contribution in [0.3, 0.4) is 0 Å². The average Bonchev–Trinajstić information content (AvgIpc) is 3.67. The molecule has 0 spiro atoms. The standard InChI is InChI=1S/C35H36N4O7/c1-16-22(9-11-30(42)44-7)34-38-24(16)13-26-18(3)32(20(5)40)29(36-26)15-27-19(4)33(21(6)41)28(37-27)14-25-17(2)23(35(39-25)46-34)10-12-31(43)45-8/h13-15,41H,9-12H2,1-8H3/p+1. The van der Waals surface area contributed by atoms with Crippen molar-refractivity contribution in [1.82, 2.24) is 0 Å². The molecule has 0 atom stereocenters. The topological polar surface area (TPSA) is 150 Å². The number of hydrogen-bond donors (Lipinski definition) is 2. The number of aliphatic hydroxyl groups excluding tert-OH is 1. The van der Waals surface area contributed by atoms with Crippen molar-refractivity contribution >= 4 is 40.9 Å². The molecule has 0 aromatic carbocycles. The van der Waals surface area contributed by atoms with Gasteiger partial charge in [0.25, 0.3) is 0 Å². The van der Waals surface area contributed by atoms with E-state index in [4.69, 9.17) is 29.2 Å². The molecule has 5 aliphatic heterocycles. The minimum absolute atomic E-state index is 0.0807. The van der Waals surface area contributed by atoms with Gasteiger partial charge in [-0.2, -0.15) is 4.99 Å². The first-order valence-electron chi connectivity index (χ1n) is 15.0. The van der Waals surface area contributed by atoms with Gasteiger partial charge in [0, 0.05) is 41.2 Å². The second kappa shape index (κ2) is 12.7. The van der Waals surface area contributed by atoms with Crippen molar-refractivity contribution in [1.29, 1.82) is 0 Å². The number of ketones is 1. The van der Waals surface area contributed by atoms with Crippen LogP contribution >= 0.6 is 0 Å². The summed E-state index contributed by atoms with van der Waals surface area (Å²) in [5.74, 6) is -0.115. The fraction of sp³-hybridized carbons (Fsp3) is 0.343. The van der Waals surface area contributed by atoms with Crippen molar-refractivity contribution in [2.45, 2.75) is 67.2 Å². The summed E-state index contributed by atoms with van der Waals surface area (Å²) in [5.41, 5.74) is 8.87. The van der Waals surface area contributed by atoms with E-state index in [0.717, 1.165) is 22.3 Å². The largest absolute Gasteiger partial charge is 0.512 e. The van der Waals surface area contributed by atoms with Crippen LogP contribution in [0.4, 0.5) is 0 Å². The number of rotatable bonds is 7. The van der Waals surface area contributed by atoms with Crippen LogP contribution in [-0.4, -0.2) is 60.3 Å². The smallest absolute Gasteiger partial charge is 0.377 e. The number of methoxy groups -OCH3 is 2. The molecule has 0 aromatic rings. The highest BCUT2D eigenvalue weighted by Gasteiger charge is 2.36. The summed E-state index contributed by atoms with van der Waals surface area (Å²) in [6, 6.07) is 0. The number of carbonyl (C=O) groups excluding carboxylic acids is 3. The monoisotopic (exact) mass is 625 g/mol. The first-order chi connectivity index (χ1) is 21.8. The van der Waals surface area contributed by atoms with Crippen LogP contribution in [0.15, 0.2) is 106 Å². The summed E-state index contributed by atoms with van der Waals surface area (Å²) in [5, 5.41) is 10.7. The van der Waals surface area contributed by atoms with Crippen molar-refractivity contribution in [2.24, 2.45) is 15.0 Å². The Bertz CT molecular complexity index is 1880. The molecule has 0 saturated carbocycles. The van der Waals surface area contributed by atoms with Gasteiger partial charge in [0.15, 0.2) is 5.78 Å². The molecule has 0 aromatic heterocycles. The third kappa shape index (κ3) is 5.92. The third-order valence-electron chi connectivity index (χ3n) is 8.56. The Morgan fingerprint density at radius 2 is 1.43 bits per heavy atom. The molecular formula is C35H37N4O7+. The second-order valence-electron chi connectivity index (χ2n) is 11.5. The summed E-state index contributed by atoms with van der Waals surface area (Å²) >= 11 is 0. The number of carbonyl (C=O) groups is 3. The van der Waals surface area contributed by atoms with Gasteiger partial charge in [0.2, 0.25) is 11.6 Å². The van der Waals surface area contributed by atoms with E-state index in [1.165, 1.54) is 21.1 Å². The molecule has 0 unspecified atom stereocenters. The predicted molar refractivity (Wildman–Crippen MR) is 173 cm³/mol. The number of nitrogens with zero attached hydrogens (tertiary/aromatic N) is 3. The Morgan fingerprint density at radius 1 is 0.783 bits per heavy atom. The zero-order valence-corrected chi connectivity index (χ0v) is 27.3. The molecule has 0 fully saturated rings. The van der Waals surface area contributed by atoms with Crippen LogP contribution in [0, 0.1) is 0 Å². The fourth-order valence-electron chi connectivity index (χ4n) is 5.97. The maximum Gasteiger partial charge on any atom is 0.377 e. The number of ether oxygens (including phenoxy) is 3. The van der Waals surface area contributed by atoms with Gasteiger partial charge in [-0.3, -0.25) is 14.4 Å². The van der Waals surface area contributed by atoms with Gasteiger partial charge in [-0.15, -0.1) is 0 Å². The number of esters is 2. The van der Waals surface area contributed by atoms with Gasteiger partial charge in [0.05, 0.1) is 54.1 Å². The number of aliphatic imine (C=N–C) groups is 3. The highest BCUT2D eigenvalue weighted by Crippen LogP contribution is 2.36. The lowest BCUT2D eigenvalue weighted by atomic mass is 9.98. The van der Waals surface area contributed by atoms with Crippen LogP contribution in [-0.2, 0) is 28.6 Å². The molecule has 0 amide bonds. The van der Waals surface area contributed by atoms with Gasteiger partial charge in [-0.25, -0.2) is 15.0 Å². The normalized spacial score (nSPS) is 20.1. The number of aliphatic hydroxyl groups is 1. The van der Waals surface area contributed by atoms with E-state index >= 15 is 0 Å². The second-order valence-corrected chi connectivity index (χ2v) is 11.5. The number of hydrogen-bond acceptors (Lipinski definition) is 10. The number of nitrogens with one attached hydrogen (secondary N) is 1. The van der Waals surface area contributed by atoms with E-state index in [2.05, 4.69) is 4.99 Å². The number of allylic oxidation sites excluding steroid dienone is 10. The maximum absolute atomic E-state index is 12.9. The predicted octanol–water partition coefficient (Wildman–Crippen LogP) is 4.03.